The highest BCUT2D eigenvalue weighted by molar-refractivity contribution is 7.09. The first-order chi connectivity index (χ1) is 12.1. The van der Waals surface area contributed by atoms with Gasteiger partial charge in [-0.25, -0.2) is 15.0 Å². The lowest BCUT2D eigenvalue weighted by molar-refractivity contribution is 0.0981. The third-order valence-corrected chi connectivity index (χ3v) is 4.56. The minimum atomic E-state index is -0.311. The van der Waals surface area contributed by atoms with Gasteiger partial charge in [-0.1, -0.05) is 12.1 Å². The number of aromatic nitrogens is 3. The summed E-state index contributed by atoms with van der Waals surface area (Å²) < 4.78 is 0. The highest BCUT2D eigenvalue weighted by atomic mass is 32.1. The topological polar surface area (TPSA) is 84.8 Å². The van der Waals surface area contributed by atoms with Gasteiger partial charge in [-0.2, -0.15) is 0 Å². The third kappa shape index (κ3) is 2.85. The van der Waals surface area contributed by atoms with Crippen LogP contribution in [0.2, 0.25) is 0 Å². The van der Waals surface area contributed by atoms with Gasteiger partial charge >= 0.3 is 0 Å². The summed E-state index contributed by atoms with van der Waals surface area (Å²) in [6.07, 6.45) is 3.90. The second-order valence-electron chi connectivity index (χ2n) is 5.49. The standard InChI is InChI=1S/C18H12N4O2S/c1-10-21-15(8-25-10)11-2-4-12(5-3-11)22-14-6-16(23)17-13(18(14)24)7-19-9-20-17/h2-9,22H,1H3. The summed E-state index contributed by atoms with van der Waals surface area (Å²) in [6, 6.07) is 7.53. The van der Waals surface area contributed by atoms with E-state index in [4.69, 9.17) is 0 Å². The molecule has 1 aliphatic rings. The van der Waals surface area contributed by atoms with Gasteiger partial charge < -0.3 is 5.32 Å². The van der Waals surface area contributed by atoms with Crippen LogP contribution < -0.4 is 5.32 Å². The van der Waals surface area contributed by atoms with Crippen molar-refractivity contribution < 1.29 is 9.59 Å². The Kier molecular flexibility index (Phi) is 3.70. The van der Waals surface area contributed by atoms with E-state index in [-0.39, 0.29) is 28.5 Å². The molecule has 0 amide bonds. The average Bonchev–Trinajstić information content (AvgIpc) is 3.06. The van der Waals surface area contributed by atoms with Crippen molar-refractivity contribution in [2.75, 3.05) is 5.32 Å². The van der Waals surface area contributed by atoms with Crippen LogP contribution in [0.15, 0.2) is 53.9 Å². The molecule has 6 nitrogen and oxygen atoms in total. The normalized spacial score (nSPS) is 13.4. The Morgan fingerprint density at radius 3 is 2.64 bits per heavy atom. The van der Waals surface area contributed by atoms with Crippen molar-refractivity contribution in [2.45, 2.75) is 6.92 Å². The molecule has 0 atom stereocenters. The molecule has 0 radical (unpaired) electrons. The number of fused-ring (bicyclic) bond motifs is 1. The number of anilines is 1. The molecule has 122 valence electrons. The van der Waals surface area contributed by atoms with Crippen molar-refractivity contribution in [3.8, 4) is 11.3 Å². The van der Waals surface area contributed by atoms with Crippen LogP contribution in [-0.2, 0) is 0 Å². The second kappa shape index (κ2) is 6.03. The summed E-state index contributed by atoms with van der Waals surface area (Å²) in [5.41, 5.74) is 3.19. The van der Waals surface area contributed by atoms with E-state index in [2.05, 4.69) is 20.3 Å². The number of aryl methyl sites for hydroxylation is 1. The zero-order valence-corrected chi connectivity index (χ0v) is 14.0. The van der Waals surface area contributed by atoms with Crippen molar-refractivity contribution in [3.63, 3.8) is 0 Å². The van der Waals surface area contributed by atoms with Gasteiger partial charge in [-0.3, -0.25) is 9.59 Å². The Labute approximate surface area is 147 Å². The molecule has 0 aliphatic heterocycles. The first-order valence-corrected chi connectivity index (χ1v) is 8.40. The molecule has 0 spiro atoms. The number of carbonyl (C=O) groups is 2. The van der Waals surface area contributed by atoms with Gasteiger partial charge in [-0.05, 0) is 19.1 Å². The molecule has 3 aromatic rings. The Balaban J connectivity index is 1.58. The zero-order valence-electron chi connectivity index (χ0n) is 13.2. The minimum Gasteiger partial charge on any atom is -0.352 e. The van der Waals surface area contributed by atoms with Gasteiger partial charge in [0.25, 0.3) is 0 Å². The number of ketones is 2. The maximum Gasteiger partial charge on any atom is 0.213 e. The van der Waals surface area contributed by atoms with Crippen LogP contribution in [-0.4, -0.2) is 26.5 Å². The molecule has 0 bridgehead atoms. The van der Waals surface area contributed by atoms with Crippen molar-refractivity contribution in [1.82, 2.24) is 15.0 Å². The fraction of sp³-hybridized carbons (Fsp3) is 0.0556. The number of benzene rings is 1. The van der Waals surface area contributed by atoms with Crippen LogP contribution in [0, 0.1) is 6.92 Å². The van der Waals surface area contributed by atoms with E-state index >= 15 is 0 Å². The molecule has 0 saturated carbocycles. The first kappa shape index (κ1) is 15.3. The van der Waals surface area contributed by atoms with Gasteiger partial charge in [0, 0.05) is 28.9 Å². The van der Waals surface area contributed by atoms with Crippen molar-refractivity contribution >= 4 is 28.6 Å². The maximum absolute atomic E-state index is 12.5. The molecule has 1 aliphatic carbocycles. The molecule has 1 aromatic carbocycles. The van der Waals surface area contributed by atoms with Crippen LogP contribution in [0.5, 0.6) is 0 Å². The van der Waals surface area contributed by atoms with E-state index in [0.717, 1.165) is 16.3 Å². The summed E-state index contributed by atoms with van der Waals surface area (Å²) in [5.74, 6) is -0.608. The van der Waals surface area contributed by atoms with Gasteiger partial charge in [0.2, 0.25) is 11.6 Å². The monoisotopic (exact) mass is 348 g/mol. The number of nitrogens with zero attached hydrogens (tertiary/aromatic N) is 3. The largest absolute Gasteiger partial charge is 0.352 e. The number of hydrogen-bond acceptors (Lipinski definition) is 7. The fourth-order valence-corrected chi connectivity index (χ4v) is 3.19. The summed E-state index contributed by atoms with van der Waals surface area (Å²) in [6.45, 7) is 1.96. The Morgan fingerprint density at radius 1 is 1.12 bits per heavy atom. The van der Waals surface area contributed by atoms with Crippen LogP contribution in [0.3, 0.4) is 0 Å². The van der Waals surface area contributed by atoms with Crippen molar-refractivity contribution in [1.29, 1.82) is 0 Å². The molecular weight excluding hydrogens is 336 g/mol. The molecule has 25 heavy (non-hydrogen) atoms. The molecular formula is C18H12N4O2S. The fourth-order valence-electron chi connectivity index (χ4n) is 2.57. The number of allylic oxidation sites excluding steroid dienone is 2. The van der Waals surface area contributed by atoms with Crippen LogP contribution in [0.1, 0.15) is 25.9 Å². The minimum absolute atomic E-state index is 0.139. The molecule has 0 fully saturated rings. The molecule has 0 unspecified atom stereocenters. The molecule has 4 rings (SSSR count). The second-order valence-corrected chi connectivity index (χ2v) is 6.55. The van der Waals surface area contributed by atoms with Gasteiger partial charge in [-0.15, -0.1) is 11.3 Å². The van der Waals surface area contributed by atoms with E-state index in [1.165, 1.54) is 18.6 Å². The van der Waals surface area contributed by atoms with E-state index < -0.39 is 0 Å². The predicted molar refractivity (Wildman–Crippen MR) is 94.7 cm³/mol. The SMILES string of the molecule is Cc1nc(-c2ccc(NC3=CC(=O)c4ncncc4C3=O)cc2)cs1. The van der Waals surface area contributed by atoms with Crippen LogP contribution >= 0.6 is 11.3 Å². The summed E-state index contributed by atoms with van der Waals surface area (Å²) in [4.78, 5) is 36.7. The third-order valence-electron chi connectivity index (χ3n) is 3.79. The maximum atomic E-state index is 12.5. The number of hydrogen-bond donors (Lipinski definition) is 1. The van der Waals surface area contributed by atoms with E-state index in [0.29, 0.717) is 5.69 Å². The van der Waals surface area contributed by atoms with E-state index in [1.54, 1.807) is 11.3 Å². The average molecular weight is 348 g/mol. The lowest BCUT2D eigenvalue weighted by atomic mass is 9.98. The van der Waals surface area contributed by atoms with Crippen LogP contribution in [0.25, 0.3) is 11.3 Å². The summed E-state index contributed by atoms with van der Waals surface area (Å²) in [5, 5.41) is 6.01. The summed E-state index contributed by atoms with van der Waals surface area (Å²) in [7, 11) is 0. The molecule has 7 heteroatoms. The molecule has 0 saturated heterocycles. The predicted octanol–water partition coefficient (Wildman–Crippen LogP) is 3.28. The number of nitrogens with one attached hydrogen (secondary N) is 1. The molecule has 1 N–H and O–H groups in total. The molecule has 2 aromatic heterocycles. The lowest BCUT2D eigenvalue weighted by Crippen LogP contribution is -2.22. The number of rotatable bonds is 3. The smallest absolute Gasteiger partial charge is 0.213 e. The molecule has 2 heterocycles. The van der Waals surface area contributed by atoms with Crippen molar-refractivity contribution in [2.24, 2.45) is 0 Å². The van der Waals surface area contributed by atoms with Gasteiger partial charge in [0.1, 0.15) is 12.0 Å². The number of carbonyl (C=O) groups excluding carboxylic acids is 2. The number of Topliss-reactive ketones (excluding diaryl/α,β-unsaturated/α-hetero) is 1. The highest BCUT2D eigenvalue weighted by Crippen LogP contribution is 2.25. The quantitative estimate of drug-likeness (QED) is 0.782. The lowest BCUT2D eigenvalue weighted by Gasteiger charge is -2.15. The Morgan fingerprint density at radius 2 is 1.92 bits per heavy atom. The Bertz CT molecular complexity index is 1020. The first-order valence-electron chi connectivity index (χ1n) is 7.52. The number of thiazole rings is 1. The van der Waals surface area contributed by atoms with E-state index in [9.17, 15) is 9.59 Å². The zero-order chi connectivity index (χ0) is 17.4. The van der Waals surface area contributed by atoms with Crippen molar-refractivity contribution in [3.05, 3.63) is 70.2 Å². The Hall–Kier alpha value is -3.19. The van der Waals surface area contributed by atoms with Gasteiger partial charge in [0.15, 0.2) is 0 Å². The van der Waals surface area contributed by atoms with E-state index in [1.807, 2.05) is 36.6 Å². The van der Waals surface area contributed by atoms with Gasteiger partial charge in [0.05, 0.1) is 22.0 Å². The summed E-state index contributed by atoms with van der Waals surface area (Å²) >= 11 is 1.60. The highest BCUT2D eigenvalue weighted by Gasteiger charge is 2.27. The van der Waals surface area contributed by atoms with Crippen LogP contribution in [0.4, 0.5) is 5.69 Å².